The number of aryl methyl sites for hydroxylation is 1. The van der Waals surface area contributed by atoms with E-state index in [1.54, 1.807) is 0 Å². The van der Waals surface area contributed by atoms with Crippen LogP contribution in [0.5, 0.6) is 0 Å². The van der Waals surface area contributed by atoms with E-state index in [1.807, 2.05) is 0 Å². The number of aliphatic hydroxyl groups is 2. The zero-order valence-corrected chi connectivity index (χ0v) is 19.7. The number of nitrogens with one attached hydrogen (secondary N) is 1. The van der Waals surface area contributed by atoms with Gasteiger partial charge in [0.05, 0.1) is 12.7 Å². The molecule has 1 aromatic heterocycles. The number of aliphatic hydroxyl groups excluding tert-OH is 2. The molecule has 3 heterocycles. The molecule has 3 rings (SSSR count). The summed E-state index contributed by atoms with van der Waals surface area (Å²) in [6.07, 6.45) is -7.37. The van der Waals surface area contributed by atoms with Crippen LogP contribution in [-0.4, -0.2) is 72.6 Å². The van der Waals surface area contributed by atoms with E-state index in [0.29, 0.717) is 0 Å². The van der Waals surface area contributed by atoms with Gasteiger partial charge in [0.25, 0.3) is 5.56 Å². The van der Waals surface area contributed by atoms with Crippen molar-refractivity contribution in [2.75, 3.05) is 6.61 Å². The maximum absolute atomic E-state index is 12.1. The van der Waals surface area contributed by atoms with Crippen molar-refractivity contribution in [1.82, 2.24) is 9.55 Å². The average molecular weight is 530 g/mol. The summed E-state index contributed by atoms with van der Waals surface area (Å²) in [6.45, 7) is 1.97. The highest BCUT2D eigenvalue weighted by molar-refractivity contribution is 7.61. The predicted octanol–water partition coefficient (Wildman–Crippen LogP) is -1.19. The van der Waals surface area contributed by atoms with E-state index >= 15 is 0 Å². The van der Waals surface area contributed by atoms with E-state index < -0.39 is 82.6 Å². The molecule has 0 aliphatic carbocycles. The molecule has 18 heteroatoms. The third-order valence-electron chi connectivity index (χ3n) is 5.02. The minimum absolute atomic E-state index is 0.134. The smallest absolute Gasteiger partial charge is 0.390 e. The van der Waals surface area contributed by atoms with Crippen LogP contribution in [0.4, 0.5) is 0 Å². The van der Waals surface area contributed by atoms with Crippen molar-refractivity contribution in [3.05, 3.63) is 32.6 Å². The van der Waals surface area contributed by atoms with E-state index in [9.17, 15) is 43.5 Å². The molecule has 192 valence electrons. The molecule has 2 unspecified atom stereocenters. The standard InChI is InChI=1S/C16H24N2O14P2/c1-7-5-18(16(23)17-14(7)22)13-4-10(20)12(30-13)6-28-33(24,25)32-34(26,27)31-15-11(21)3-9(19)8(2)29-15/h5,8,10-13,15,20-21H,3-4,6H2,1-2H3,(H,24,25)(H,26,27)(H,17,22,23)/t8-,10+,11-,12-,13-,15-/m1/s1. The van der Waals surface area contributed by atoms with Gasteiger partial charge in [-0.1, -0.05) is 0 Å². The highest BCUT2D eigenvalue weighted by Crippen LogP contribution is 2.61. The van der Waals surface area contributed by atoms with Gasteiger partial charge in [0, 0.05) is 24.6 Å². The fourth-order valence-electron chi connectivity index (χ4n) is 3.24. The second kappa shape index (κ2) is 10.2. The maximum atomic E-state index is 12.1. The number of H-pyrrole nitrogens is 1. The Bertz CT molecular complexity index is 1130. The first kappa shape index (κ1) is 27.0. The van der Waals surface area contributed by atoms with E-state index in [0.717, 1.165) is 4.57 Å². The lowest BCUT2D eigenvalue weighted by molar-refractivity contribution is -0.202. The number of phosphoric acid groups is 2. The van der Waals surface area contributed by atoms with Crippen molar-refractivity contribution >= 4 is 21.4 Å². The van der Waals surface area contributed by atoms with Crippen LogP contribution >= 0.6 is 15.6 Å². The highest BCUT2D eigenvalue weighted by atomic mass is 31.3. The van der Waals surface area contributed by atoms with Gasteiger partial charge in [0.2, 0.25) is 0 Å². The fourth-order valence-corrected chi connectivity index (χ4v) is 5.41. The van der Waals surface area contributed by atoms with Gasteiger partial charge in [0.1, 0.15) is 24.5 Å². The number of carbonyl (C=O) groups excluding carboxylic acids is 1. The van der Waals surface area contributed by atoms with Gasteiger partial charge in [-0.15, -0.1) is 0 Å². The maximum Gasteiger partial charge on any atom is 0.483 e. The highest BCUT2D eigenvalue weighted by Gasteiger charge is 2.44. The van der Waals surface area contributed by atoms with E-state index in [-0.39, 0.29) is 12.0 Å². The van der Waals surface area contributed by atoms with Gasteiger partial charge in [-0.05, 0) is 13.8 Å². The summed E-state index contributed by atoms with van der Waals surface area (Å²) in [6, 6.07) is 0. The SMILES string of the molecule is Cc1cn([C@H]2C[C@H](O)[C@@H](COP(=O)(O)OP(=O)(O)O[C@H]3O[C@H](C)C(=O)C[C@H]3O)O2)c(=O)[nH]c1=O. The molecule has 0 radical (unpaired) electrons. The second-order valence-corrected chi connectivity index (χ2v) is 10.7. The molecular weight excluding hydrogens is 506 g/mol. The molecule has 34 heavy (non-hydrogen) atoms. The number of phosphoric ester groups is 2. The Morgan fingerprint density at radius 1 is 1.15 bits per heavy atom. The average Bonchev–Trinajstić information content (AvgIpc) is 3.07. The molecule has 0 bridgehead atoms. The second-order valence-electron chi connectivity index (χ2n) is 7.72. The van der Waals surface area contributed by atoms with E-state index in [2.05, 4.69) is 18.3 Å². The van der Waals surface area contributed by atoms with Crippen LogP contribution in [0, 0.1) is 6.92 Å². The number of Topliss-reactive ketones (excluding diaryl/α,β-unsaturated/α-hetero) is 1. The number of rotatable bonds is 8. The molecule has 0 aromatic carbocycles. The van der Waals surface area contributed by atoms with Crippen molar-refractivity contribution in [2.24, 2.45) is 0 Å². The van der Waals surface area contributed by atoms with Gasteiger partial charge in [0.15, 0.2) is 12.1 Å². The van der Waals surface area contributed by atoms with Crippen molar-refractivity contribution < 1.29 is 56.8 Å². The van der Waals surface area contributed by atoms with Crippen molar-refractivity contribution in [3.63, 3.8) is 0 Å². The lowest BCUT2D eigenvalue weighted by atomic mass is 10.1. The molecule has 2 aliphatic heterocycles. The number of aromatic nitrogens is 2. The Kier molecular flexibility index (Phi) is 8.12. The third-order valence-corrected chi connectivity index (χ3v) is 7.62. The Morgan fingerprint density at radius 2 is 1.82 bits per heavy atom. The number of nitrogens with zero attached hydrogens (tertiary/aromatic N) is 1. The molecule has 2 fully saturated rings. The summed E-state index contributed by atoms with van der Waals surface area (Å²) < 4.78 is 49.0. The van der Waals surface area contributed by atoms with Crippen LogP contribution < -0.4 is 11.2 Å². The first-order chi connectivity index (χ1) is 15.7. The number of hydrogen-bond donors (Lipinski definition) is 5. The first-order valence-corrected chi connectivity index (χ1v) is 12.9. The molecule has 2 saturated heterocycles. The van der Waals surface area contributed by atoms with Gasteiger partial charge < -0.3 is 29.5 Å². The van der Waals surface area contributed by atoms with E-state index in [1.165, 1.54) is 20.0 Å². The van der Waals surface area contributed by atoms with E-state index in [4.69, 9.17) is 9.47 Å². The van der Waals surface area contributed by atoms with Crippen LogP contribution in [0.2, 0.25) is 0 Å². The summed E-state index contributed by atoms with van der Waals surface area (Å²) in [4.78, 5) is 56.6. The largest absolute Gasteiger partial charge is 0.483 e. The minimum atomic E-state index is -5.34. The minimum Gasteiger partial charge on any atom is -0.390 e. The molecule has 0 amide bonds. The number of carbonyl (C=O) groups is 1. The van der Waals surface area contributed by atoms with Crippen LogP contribution in [0.25, 0.3) is 0 Å². The number of aromatic amines is 1. The van der Waals surface area contributed by atoms with Crippen molar-refractivity contribution in [2.45, 2.75) is 63.6 Å². The van der Waals surface area contributed by atoms with Gasteiger partial charge >= 0.3 is 21.3 Å². The molecule has 0 saturated carbocycles. The fraction of sp³-hybridized carbons (Fsp3) is 0.688. The summed E-state index contributed by atoms with van der Waals surface area (Å²) in [7, 11) is -10.6. The van der Waals surface area contributed by atoms with Crippen LogP contribution in [-0.2, 0) is 36.8 Å². The Hall–Kier alpha value is -1.55. The summed E-state index contributed by atoms with van der Waals surface area (Å²) in [5.74, 6) is -0.482. The van der Waals surface area contributed by atoms with Crippen molar-refractivity contribution in [1.29, 1.82) is 0 Å². The predicted molar refractivity (Wildman–Crippen MR) is 108 cm³/mol. The summed E-state index contributed by atoms with van der Waals surface area (Å²) in [5.41, 5.74) is -1.19. The molecule has 0 spiro atoms. The monoisotopic (exact) mass is 530 g/mol. The van der Waals surface area contributed by atoms with Gasteiger partial charge in [-0.25, -0.2) is 13.9 Å². The first-order valence-electron chi connectivity index (χ1n) is 9.89. The Morgan fingerprint density at radius 3 is 2.50 bits per heavy atom. The zero-order valence-electron chi connectivity index (χ0n) is 17.9. The summed E-state index contributed by atoms with van der Waals surface area (Å²) in [5, 5.41) is 19.9. The zero-order chi connectivity index (χ0) is 25.4. The Balaban J connectivity index is 1.58. The molecular formula is C16H24N2O14P2. The van der Waals surface area contributed by atoms with Crippen LogP contribution in [0.1, 0.15) is 31.6 Å². The van der Waals surface area contributed by atoms with Crippen LogP contribution in [0.3, 0.4) is 0 Å². The molecule has 1 aromatic rings. The summed E-state index contributed by atoms with van der Waals surface area (Å²) >= 11 is 0. The molecule has 2 aliphatic rings. The Labute approximate surface area is 191 Å². The quantitative estimate of drug-likeness (QED) is 0.249. The normalized spacial score (nSPS) is 33.4. The third kappa shape index (κ3) is 6.56. The molecule has 16 nitrogen and oxygen atoms in total. The van der Waals surface area contributed by atoms with Crippen LogP contribution in [0.15, 0.2) is 15.8 Å². The number of hydrogen-bond acceptors (Lipinski definition) is 12. The lowest BCUT2D eigenvalue weighted by Crippen LogP contribution is -2.44. The molecule has 8 atom stereocenters. The molecule has 5 N–H and O–H groups in total. The van der Waals surface area contributed by atoms with Gasteiger partial charge in [-0.2, -0.15) is 4.31 Å². The van der Waals surface area contributed by atoms with Crippen molar-refractivity contribution in [3.8, 4) is 0 Å². The lowest BCUT2D eigenvalue weighted by Gasteiger charge is -2.31. The number of ketones is 1. The van der Waals surface area contributed by atoms with Gasteiger partial charge in [-0.3, -0.25) is 28.2 Å². The number of ether oxygens (including phenoxy) is 2. The topological polar surface area (TPSA) is 233 Å².